The van der Waals surface area contributed by atoms with Gasteiger partial charge in [0.05, 0.1) is 12.5 Å². The Labute approximate surface area is 141 Å². The number of para-hydroxylation sites is 1. The Hall–Kier alpha value is -2.59. The smallest absolute Gasteiger partial charge is 0.251 e. The van der Waals surface area contributed by atoms with Gasteiger partial charge in [-0.15, -0.1) is 0 Å². The van der Waals surface area contributed by atoms with Gasteiger partial charge in [-0.25, -0.2) is 5.48 Å². The van der Waals surface area contributed by atoms with Crippen LogP contribution in [0, 0.1) is 0 Å². The van der Waals surface area contributed by atoms with Crippen molar-refractivity contribution in [2.24, 2.45) is 0 Å². The van der Waals surface area contributed by atoms with Crippen LogP contribution in [0.2, 0.25) is 0 Å². The van der Waals surface area contributed by atoms with Gasteiger partial charge in [0.15, 0.2) is 0 Å². The van der Waals surface area contributed by atoms with Gasteiger partial charge in [-0.05, 0) is 23.6 Å². The van der Waals surface area contributed by atoms with Crippen molar-refractivity contribution in [1.29, 1.82) is 0 Å². The van der Waals surface area contributed by atoms with Gasteiger partial charge >= 0.3 is 0 Å². The molecule has 0 radical (unpaired) electrons. The molecule has 2 aromatic carbocycles. The van der Waals surface area contributed by atoms with Crippen molar-refractivity contribution in [2.75, 3.05) is 0 Å². The third-order valence-corrected chi connectivity index (χ3v) is 4.14. The van der Waals surface area contributed by atoms with Crippen molar-refractivity contribution in [3.05, 3.63) is 71.9 Å². The zero-order valence-electron chi connectivity index (χ0n) is 13.8. The minimum Gasteiger partial charge on any atom is -0.361 e. The number of carbonyl (C=O) groups is 1. The molecule has 0 spiro atoms. The van der Waals surface area contributed by atoms with Crippen LogP contribution in [0.25, 0.3) is 10.9 Å². The molecule has 0 saturated carbocycles. The number of hydrogen-bond acceptors (Lipinski definition) is 2. The number of nitrogens with one attached hydrogen (secondary N) is 2. The molecule has 1 amide bonds. The van der Waals surface area contributed by atoms with E-state index in [0.29, 0.717) is 6.61 Å². The summed E-state index contributed by atoms with van der Waals surface area (Å²) in [7, 11) is 0. The van der Waals surface area contributed by atoms with E-state index in [4.69, 9.17) is 4.84 Å². The molecular weight excluding hydrogens is 300 g/mol. The summed E-state index contributed by atoms with van der Waals surface area (Å²) in [6.07, 6.45) is 3.64. The number of aromatic amines is 1. The van der Waals surface area contributed by atoms with Gasteiger partial charge in [0.25, 0.3) is 5.91 Å². The normalized spacial score (nSPS) is 12.2. The first-order valence-electron chi connectivity index (χ1n) is 8.31. The second-order valence-corrected chi connectivity index (χ2v) is 5.87. The minimum absolute atomic E-state index is 0.0995. The van der Waals surface area contributed by atoms with E-state index in [2.05, 4.69) is 17.4 Å². The molecule has 1 atom stereocenters. The van der Waals surface area contributed by atoms with Gasteiger partial charge in [0, 0.05) is 17.1 Å². The molecule has 3 rings (SSSR count). The largest absolute Gasteiger partial charge is 0.361 e. The number of amides is 1. The van der Waals surface area contributed by atoms with E-state index < -0.39 is 0 Å². The van der Waals surface area contributed by atoms with Crippen LogP contribution in [-0.4, -0.2) is 10.9 Å². The zero-order chi connectivity index (χ0) is 16.8. The van der Waals surface area contributed by atoms with Crippen LogP contribution in [0.3, 0.4) is 0 Å². The maximum atomic E-state index is 12.6. The third kappa shape index (κ3) is 3.66. The number of benzene rings is 2. The Morgan fingerprint density at radius 3 is 2.67 bits per heavy atom. The van der Waals surface area contributed by atoms with Crippen LogP contribution >= 0.6 is 0 Å². The number of fused-ring (bicyclic) bond motifs is 1. The van der Waals surface area contributed by atoms with Gasteiger partial charge in [0.1, 0.15) is 0 Å². The van der Waals surface area contributed by atoms with Gasteiger partial charge < -0.3 is 4.98 Å². The molecule has 0 bridgehead atoms. The fourth-order valence-electron chi connectivity index (χ4n) is 2.93. The molecule has 1 heterocycles. The lowest BCUT2D eigenvalue weighted by Crippen LogP contribution is -2.29. The number of rotatable bonds is 7. The summed E-state index contributed by atoms with van der Waals surface area (Å²) in [4.78, 5) is 21.3. The highest BCUT2D eigenvalue weighted by Crippen LogP contribution is 2.29. The molecule has 3 aromatic rings. The monoisotopic (exact) mass is 322 g/mol. The number of H-pyrrole nitrogens is 1. The summed E-state index contributed by atoms with van der Waals surface area (Å²) in [5.74, 6) is -0.320. The second-order valence-electron chi connectivity index (χ2n) is 5.87. The standard InChI is InChI=1S/C20H22N2O2/c1-2-8-17(18-13-21-19-12-7-6-11-16(18)19)20(23)22-24-14-15-9-4-3-5-10-15/h3-7,9-13,17,21H,2,8,14H2,1H3,(H,22,23). The van der Waals surface area contributed by atoms with Crippen molar-refractivity contribution in [2.45, 2.75) is 32.3 Å². The molecule has 1 aromatic heterocycles. The molecule has 4 nitrogen and oxygen atoms in total. The first-order chi connectivity index (χ1) is 11.8. The maximum Gasteiger partial charge on any atom is 0.251 e. The Morgan fingerprint density at radius 2 is 1.88 bits per heavy atom. The van der Waals surface area contributed by atoms with Crippen molar-refractivity contribution in [3.8, 4) is 0 Å². The first kappa shape index (κ1) is 16.3. The molecule has 0 saturated heterocycles. The zero-order valence-corrected chi connectivity index (χ0v) is 13.8. The Morgan fingerprint density at radius 1 is 1.12 bits per heavy atom. The maximum absolute atomic E-state index is 12.6. The molecule has 0 aliphatic rings. The van der Waals surface area contributed by atoms with Gasteiger partial charge in [-0.1, -0.05) is 61.9 Å². The third-order valence-electron chi connectivity index (χ3n) is 4.14. The fraction of sp³-hybridized carbons (Fsp3) is 0.250. The predicted molar refractivity (Wildman–Crippen MR) is 95.3 cm³/mol. The number of hydrogen-bond donors (Lipinski definition) is 2. The number of aromatic nitrogens is 1. The number of carbonyl (C=O) groups excluding carboxylic acids is 1. The highest BCUT2D eigenvalue weighted by Gasteiger charge is 2.22. The van der Waals surface area contributed by atoms with E-state index in [0.717, 1.165) is 34.9 Å². The van der Waals surface area contributed by atoms with Crippen molar-refractivity contribution in [3.63, 3.8) is 0 Å². The fourth-order valence-corrected chi connectivity index (χ4v) is 2.93. The Bertz CT molecular complexity index is 796. The van der Waals surface area contributed by atoms with E-state index in [1.165, 1.54) is 0 Å². The van der Waals surface area contributed by atoms with Crippen LogP contribution in [0.5, 0.6) is 0 Å². The molecule has 0 aliphatic carbocycles. The Balaban J connectivity index is 1.69. The van der Waals surface area contributed by atoms with Gasteiger partial charge in [-0.3, -0.25) is 9.63 Å². The van der Waals surface area contributed by atoms with Gasteiger partial charge in [-0.2, -0.15) is 0 Å². The second kappa shape index (κ2) is 7.79. The molecule has 0 fully saturated rings. The quantitative estimate of drug-likeness (QED) is 0.637. The van der Waals surface area contributed by atoms with E-state index >= 15 is 0 Å². The number of hydroxylamine groups is 1. The van der Waals surface area contributed by atoms with Crippen molar-refractivity contribution >= 4 is 16.8 Å². The lowest BCUT2D eigenvalue weighted by Gasteiger charge is -2.15. The van der Waals surface area contributed by atoms with E-state index in [1.54, 1.807) is 0 Å². The summed E-state index contributed by atoms with van der Waals surface area (Å²) in [6.45, 7) is 2.44. The molecule has 1 unspecified atom stereocenters. The summed E-state index contributed by atoms with van der Waals surface area (Å²) >= 11 is 0. The van der Waals surface area contributed by atoms with Gasteiger partial charge in [0.2, 0.25) is 0 Å². The molecular formula is C20H22N2O2. The lowest BCUT2D eigenvalue weighted by molar-refractivity contribution is -0.136. The SMILES string of the molecule is CCCC(C(=O)NOCc1ccccc1)c1c[nH]c2ccccc12. The average molecular weight is 322 g/mol. The lowest BCUT2D eigenvalue weighted by atomic mass is 9.93. The van der Waals surface area contributed by atoms with E-state index in [-0.39, 0.29) is 11.8 Å². The van der Waals surface area contributed by atoms with E-state index in [1.807, 2.05) is 60.8 Å². The van der Waals surface area contributed by atoms with Crippen LogP contribution in [0.4, 0.5) is 0 Å². The Kier molecular flexibility index (Phi) is 5.29. The average Bonchev–Trinajstić information content (AvgIpc) is 3.04. The van der Waals surface area contributed by atoms with Crippen LogP contribution in [0.15, 0.2) is 60.8 Å². The topological polar surface area (TPSA) is 54.1 Å². The molecule has 124 valence electrons. The summed E-state index contributed by atoms with van der Waals surface area (Å²) < 4.78 is 0. The minimum atomic E-state index is -0.220. The summed E-state index contributed by atoms with van der Waals surface area (Å²) in [5.41, 5.74) is 5.71. The molecule has 24 heavy (non-hydrogen) atoms. The highest BCUT2D eigenvalue weighted by molar-refractivity contribution is 5.91. The highest BCUT2D eigenvalue weighted by atomic mass is 16.6. The summed E-state index contributed by atoms with van der Waals surface area (Å²) in [5, 5.41) is 1.09. The summed E-state index contributed by atoms with van der Waals surface area (Å²) in [6, 6.07) is 17.8. The van der Waals surface area contributed by atoms with Crippen LogP contribution < -0.4 is 5.48 Å². The first-order valence-corrected chi connectivity index (χ1v) is 8.31. The molecule has 4 heteroatoms. The molecule has 2 N–H and O–H groups in total. The van der Waals surface area contributed by atoms with Crippen LogP contribution in [-0.2, 0) is 16.2 Å². The van der Waals surface area contributed by atoms with E-state index in [9.17, 15) is 4.79 Å². The van der Waals surface area contributed by atoms with Crippen molar-refractivity contribution in [1.82, 2.24) is 10.5 Å². The predicted octanol–water partition coefficient (Wildman–Crippen LogP) is 4.30. The van der Waals surface area contributed by atoms with Crippen molar-refractivity contribution < 1.29 is 9.63 Å². The van der Waals surface area contributed by atoms with Crippen LogP contribution in [0.1, 0.15) is 36.8 Å². The molecule has 0 aliphatic heterocycles.